The molecule has 0 unspecified atom stereocenters. The predicted octanol–water partition coefficient (Wildman–Crippen LogP) is 4.74. The van der Waals surface area contributed by atoms with Crippen LogP contribution in [-0.4, -0.2) is 0 Å². The summed E-state index contributed by atoms with van der Waals surface area (Å²) in [4.78, 5) is 0. The van der Waals surface area contributed by atoms with E-state index in [1.54, 1.807) is 6.07 Å². The van der Waals surface area contributed by atoms with Gasteiger partial charge in [-0.05, 0) is 35.3 Å². The van der Waals surface area contributed by atoms with Crippen LogP contribution in [0.5, 0.6) is 0 Å². The summed E-state index contributed by atoms with van der Waals surface area (Å²) in [5.41, 5.74) is 0. The molecule has 0 bridgehead atoms. The van der Waals surface area contributed by atoms with E-state index in [1.807, 2.05) is 42.5 Å². The molecule has 24 heavy (non-hydrogen) atoms. The summed E-state index contributed by atoms with van der Waals surface area (Å²) in [7, 11) is -0.725. The highest BCUT2D eigenvalue weighted by molar-refractivity contribution is 7.80. The Morgan fingerprint density at radius 2 is 1.00 bits per heavy atom. The molecule has 0 heterocycles. The van der Waals surface area contributed by atoms with Gasteiger partial charge in [0.15, 0.2) is 0 Å². The Kier molecular flexibility index (Phi) is 4.11. The third-order valence-corrected chi connectivity index (χ3v) is 6.62. The Bertz CT molecular complexity index is 925. The van der Waals surface area contributed by atoms with Gasteiger partial charge in [0.05, 0.1) is 0 Å². The smallest absolute Gasteiger partial charge is 0.131 e. The van der Waals surface area contributed by atoms with E-state index in [1.165, 1.54) is 15.9 Å². The normalized spacial score (nSPS) is 11.1. The number of hydrogen-bond donors (Lipinski definition) is 0. The molecule has 0 saturated heterocycles. The lowest BCUT2D eigenvalue weighted by molar-refractivity contribution is 0.640. The van der Waals surface area contributed by atoms with Gasteiger partial charge in [-0.2, -0.15) is 0 Å². The van der Waals surface area contributed by atoms with Gasteiger partial charge in [-0.3, -0.25) is 0 Å². The van der Waals surface area contributed by atoms with Crippen molar-refractivity contribution in [2.75, 3.05) is 0 Å². The van der Waals surface area contributed by atoms with E-state index in [0.29, 0.717) is 5.39 Å². The molecule has 4 rings (SSSR count). The van der Waals surface area contributed by atoms with Crippen molar-refractivity contribution < 1.29 is 4.39 Å². The van der Waals surface area contributed by atoms with E-state index in [9.17, 15) is 4.39 Å². The Labute approximate surface area is 142 Å². The molecule has 0 atom stereocenters. The maximum Gasteiger partial charge on any atom is 0.131 e. The Hall–Kier alpha value is -2.50. The molecule has 116 valence electrons. The molecule has 0 N–H and O–H groups in total. The van der Waals surface area contributed by atoms with E-state index < -0.39 is 7.92 Å². The van der Waals surface area contributed by atoms with Crippen molar-refractivity contribution in [3.05, 3.63) is 103 Å². The summed E-state index contributed by atoms with van der Waals surface area (Å²) in [5, 5.41) is 5.43. The monoisotopic (exact) mass is 330 g/mol. The lowest BCUT2D eigenvalue weighted by Gasteiger charge is -2.21. The Balaban J connectivity index is 2.00. The first-order valence-corrected chi connectivity index (χ1v) is 9.26. The summed E-state index contributed by atoms with van der Waals surface area (Å²) in [6, 6.07) is 32.3. The van der Waals surface area contributed by atoms with E-state index in [-0.39, 0.29) is 5.82 Å². The maximum absolute atomic E-state index is 14.2. The van der Waals surface area contributed by atoms with Crippen LogP contribution in [0.25, 0.3) is 10.8 Å². The average Bonchev–Trinajstić information content (AvgIpc) is 2.66. The van der Waals surface area contributed by atoms with E-state index in [0.717, 1.165) is 5.39 Å². The summed E-state index contributed by atoms with van der Waals surface area (Å²) < 4.78 is 14.2. The fraction of sp³-hybridized carbons (Fsp3) is 0. The molecule has 4 aromatic rings. The molecule has 0 nitrogen and oxygen atoms in total. The third kappa shape index (κ3) is 2.72. The minimum Gasteiger partial charge on any atom is -0.206 e. The fourth-order valence-electron chi connectivity index (χ4n) is 3.02. The molecule has 2 heteroatoms. The minimum absolute atomic E-state index is 0.162. The van der Waals surface area contributed by atoms with Gasteiger partial charge >= 0.3 is 0 Å². The minimum atomic E-state index is -0.725. The van der Waals surface area contributed by atoms with Crippen molar-refractivity contribution in [3.8, 4) is 0 Å². The lowest BCUT2D eigenvalue weighted by atomic mass is 10.1. The average molecular weight is 330 g/mol. The van der Waals surface area contributed by atoms with Crippen LogP contribution in [-0.2, 0) is 0 Å². The zero-order chi connectivity index (χ0) is 16.4. The second-order valence-corrected chi connectivity index (χ2v) is 7.80. The largest absolute Gasteiger partial charge is 0.206 e. The van der Waals surface area contributed by atoms with Crippen LogP contribution in [0.2, 0.25) is 0 Å². The van der Waals surface area contributed by atoms with Crippen LogP contribution in [0.1, 0.15) is 0 Å². The zero-order valence-electron chi connectivity index (χ0n) is 13.1. The highest BCUT2D eigenvalue weighted by Crippen LogP contribution is 2.36. The predicted molar refractivity (Wildman–Crippen MR) is 103 cm³/mol. The van der Waals surface area contributed by atoms with Crippen molar-refractivity contribution in [1.29, 1.82) is 0 Å². The summed E-state index contributed by atoms with van der Waals surface area (Å²) in [6.07, 6.45) is 0. The van der Waals surface area contributed by atoms with Gasteiger partial charge in [0.25, 0.3) is 0 Å². The maximum atomic E-state index is 14.2. The first kappa shape index (κ1) is 15.1. The summed E-state index contributed by atoms with van der Waals surface area (Å²) >= 11 is 0. The zero-order valence-corrected chi connectivity index (χ0v) is 14.0. The molecule has 0 spiro atoms. The van der Waals surface area contributed by atoms with Crippen LogP contribution in [0, 0.1) is 5.82 Å². The van der Waals surface area contributed by atoms with Crippen LogP contribution >= 0.6 is 7.92 Å². The standard InChI is InChI=1S/C22H16FP/c23-21-15-16-22(20-14-8-7-13-19(20)21)24(17-9-3-1-4-10-17)18-11-5-2-6-12-18/h1-16H. The first-order valence-electron chi connectivity index (χ1n) is 7.92. The van der Waals surface area contributed by atoms with Gasteiger partial charge in [-0.15, -0.1) is 0 Å². The molecule has 0 amide bonds. The molecule has 0 radical (unpaired) electrons. The number of benzene rings is 4. The van der Waals surface area contributed by atoms with Crippen LogP contribution in [0.15, 0.2) is 97.1 Å². The van der Waals surface area contributed by atoms with Crippen molar-refractivity contribution in [2.24, 2.45) is 0 Å². The van der Waals surface area contributed by atoms with Crippen molar-refractivity contribution in [2.45, 2.75) is 0 Å². The molecule has 0 aliphatic rings. The molecule has 4 aromatic carbocycles. The van der Waals surface area contributed by atoms with Gasteiger partial charge < -0.3 is 0 Å². The molecule has 0 aliphatic heterocycles. The van der Waals surface area contributed by atoms with Gasteiger partial charge in [-0.1, -0.05) is 91.0 Å². The summed E-state index contributed by atoms with van der Waals surface area (Å²) in [6.45, 7) is 0. The molecule has 0 aromatic heterocycles. The third-order valence-electron chi connectivity index (χ3n) is 4.12. The molecular formula is C22H16FP. The van der Waals surface area contributed by atoms with Crippen molar-refractivity contribution in [3.63, 3.8) is 0 Å². The second-order valence-electron chi connectivity index (χ2n) is 5.62. The van der Waals surface area contributed by atoms with E-state index in [4.69, 9.17) is 0 Å². The molecule has 0 aliphatic carbocycles. The second kappa shape index (κ2) is 6.55. The van der Waals surface area contributed by atoms with Crippen LogP contribution in [0.3, 0.4) is 0 Å². The van der Waals surface area contributed by atoms with Gasteiger partial charge in [0, 0.05) is 5.39 Å². The SMILES string of the molecule is Fc1ccc(P(c2ccccc2)c2ccccc2)c2ccccc12. The summed E-state index contributed by atoms with van der Waals surface area (Å²) in [5.74, 6) is -0.162. The fourth-order valence-corrected chi connectivity index (χ4v) is 5.48. The highest BCUT2D eigenvalue weighted by Gasteiger charge is 2.19. The van der Waals surface area contributed by atoms with Gasteiger partial charge in [0.2, 0.25) is 0 Å². The molecule has 0 saturated carbocycles. The van der Waals surface area contributed by atoms with Crippen LogP contribution < -0.4 is 15.9 Å². The lowest BCUT2D eigenvalue weighted by Crippen LogP contribution is -2.21. The van der Waals surface area contributed by atoms with Gasteiger partial charge in [-0.25, -0.2) is 4.39 Å². The quantitative estimate of drug-likeness (QED) is 0.476. The molecular weight excluding hydrogens is 314 g/mol. The highest BCUT2D eigenvalue weighted by atomic mass is 31.1. The molecule has 0 fully saturated rings. The Morgan fingerprint density at radius 3 is 1.58 bits per heavy atom. The van der Waals surface area contributed by atoms with Crippen LogP contribution in [0.4, 0.5) is 4.39 Å². The first-order chi connectivity index (χ1) is 11.8. The van der Waals surface area contributed by atoms with Crippen molar-refractivity contribution >= 4 is 34.6 Å². The number of hydrogen-bond acceptors (Lipinski definition) is 0. The van der Waals surface area contributed by atoms with E-state index in [2.05, 4.69) is 48.5 Å². The van der Waals surface area contributed by atoms with Gasteiger partial charge in [0.1, 0.15) is 5.82 Å². The van der Waals surface area contributed by atoms with E-state index >= 15 is 0 Å². The topological polar surface area (TPSA) is 0 Å². The number of rotatable bonds is 3. The Morgan fingerprint density at radius 1 is 0.500 bits per heavy atom. The van der Waals surface area contributed by atoms with Crippen molar-refractivity contribution in [1.82, 2.24) is 0 Å². The number of fused-ring (bicyclic) bond motifs is 1. The number of halogens is 1.